The summed E-state index contributed by atoms with van der Waals surface area (Å²) < 4.78 is 12.2. The van der Waals surface area contributed by atoms with E-state index in [1.807, 2.05) is 0 Å². The summed E-state index contributed by atoms with van der Waals surface area (Å²) >= 11 is 6.19. The van der Waals surface area contributed by atoms with Crippen molar-refractivity contribution in [3.05, 3.63) is 81.8 Å². The number of methoxy groups -OCH3 is 1. The minimum atomic E-state index is -1.64. The van der Waals surface area contributed by atoms with Crippen molar-refractivity contribution in [2.75, 3.05) is 18.6 Å². The van der Waals surface area contributed by atoms with Crippen LogP contribution in [0.3, 0.4) is 0 Å². The van der Waals surface area contributed by atoms with Gasteiger partial charge in [0.05, 0.1) is 24.1 Å². The Kier molecular flexibility index (Phi) is 4.84. The number of nitriles is 1. The minimum Gasteiger partial charge on any atom is -0.468 e. The number of anilines is 1. The van der Waals surface area contributed by atoms with Crippen molar-refractivity contribution in [3.8, 4) is 17.6 Å². The summed E-state index contributed by atoms with van der Waals surface area (Å²) in [6, 6.07) is 16.0. The molecular formula is C24H18ClN5O4. The lowest BCUT2D eigenvalue weighted by Gasteiger charge is -2.33. The first-order valence-corrected chi connectivity index (χ1v) is 10.6. The number of amides is 1. The molecule has 2 aliphatic heterocycles. The van der Waals surface area contributed by atoms with E-state index in [0.717, 1.165) is 0 Å². The van der Waals surface area contributed by atoms with Gasteiger partial charge in [0, 0.05) is 16.3 Å². The van der Waals surface area contributed by atoms with E-state index in [0.29, 0.717) is 33.2 Å². The summed E-state index contributed by atoms with van der Waals surface area (Å²) in [7, 11) is 1.24. The van der Waals surface area contributed by atoms with Gasteiger partial charge in [-0.3, -0.25) is 14.5 Å². The van der Waals surface area contributed by atoms with Gasteiger partial charge < -0.3 is 15.2 Å². The van der Waals surface area contributed by atoms with Gasteiger partial charge in [-0.25, -0.2) is 4.68 Å². The zero-order valence-electron chi connectivity index (χ0n) is 18.2. The molecule has 2 aliphatic rings. The SMILES string of the molecule is COC(=O)CN1C(=O)[C@]2(C(C#N)=C(N)Oc3c2c(C)nn3-c2cccc(Cl)c2)c2ccccc21. The van der Waals surface area contributed by atoms with Gasteiger partial charge in [0.1, 0.15) is 23.6 Å². The first-order chi connectivity index (χ1) is 16.3. The maximum atomic E-state index is 14.2. The Bertz CT molecular complexity index is 1450. The molecule has 0 unspecified atom stereocenters. The van der Waals surface area contributed by atoms with Crippen LogP contribution < -0.4 is 15.4 Å². The van der Waals surface area contributed by atoms with Gasteiger partial charge in [0.2, 0.25) is 17.7 Å². The van der Waals surface area contributed by atoms with Crippen LogP contribution in [0.5, 0.6) is 5.88 Å². The summed E-state index contributed by atoms with van der Waals surface area (Å²) in [5.74, 6) is -1.15. The number of hydrogen-bond acceptors (Lipinski definition) is 7. The van der Waals surface area contributed by atoms with E-state index in [9.17, 15) is 14.9 Å². The number of halogens is 1. The van der Waals surface area contributed by atoms with Crippen molar-refractivity contribution in [1.82, 2.24) is 9.78 Å². The summed E-state index contributed by atoms with van der Waals surface area (Å²) in [5.41, 5.74) is 6.93. The van der Waals surface area contributed by atoms with Gasteiger partial charge in [-0.15, -0.1) is 0 Å². The number of hydrogen-bond donors (Lipinski definition) is 1. The molecule has 0 saturated carbocycles. The first-order valence-electron chi connectivity index (χ1n) is 10.3. The van der Waals surface area contributed by atoms with Crippen LogP contribution in [-0.2, 0) is 19.7 Å². The third-order valence-electron chi connectivity index (χ3n) is 6.07. The van der Waals surface area contributed by atoms with Crippen LogP contribution >= 0.6 is 11.6 Å². The largest absolute Gasteiger partial charge is 0.468 e. The monoisotopic (exact) mass is 475 g/mol. The molecule has 9 nitrogen and oxygen atoms in total. The van der Waals surface area contributed by atoms with Crippen molar-refractivity contribution < 1.29 is 19.1 Å². The number of ether oxygens (including phenoxy) is 2. The zero-order chi connectivity index (χ0) is 24.2. The van der Waals surface area contributed by atoms with Crippen LogP contribution in [0.4, 0.5) is 5.69 Å². The number of carbonyl (C=O) groups is 2. The third kappa shape index (κ3) is 2.75. The Morgan fingerprint density at radius 1 is 1.29 bits per heavy atom. The van der Waals surface area contributed by atoms with Gasteiger partial charge in [-0.2, -0.15) is 10.4 Å². The molecule has 170 valence electrons. The Balaban J connectivity index is 1.85. The highest BCUT2D eigenvalue weighted by Crippen LogP contribution is 2.56. The van der Waals surface area contributed by atoms with Crippen LogP contribution in [-0.4, -0.2) is 35.3 Å². The van der Waals surface area contributed by atoms with Crippen molar-refractivity contribution in [1.29, 1.82) is 5.26 Å². The van der Waals surface area contributed by atoms with Crippen molar-refractivity contribution >= 4 is 29.2 Å². The van der Waals surface area contributed by atoms with Gasteiger partial charge in [0.25, 0.3) is 0 Å². The lowest BCUT2D eigenvalue weighted by Crippen LogP contribution is -2.47. The average Bonchev–Trinajstić information content (AvgIpc) is 3.27. The molecule has 3 heterocycles. The highest BCUT2D eigenvalue weighted by Gasteiger charge is 2.61. The van der Waals surface area contributed by atoms with E-state index in [4.69, 9.17) is 26.8 Å². The fourth-order valence-corrected chi connectivity index (χ4v) is 4.89. The number of fused-ring (bicyclic) bond motifs is 4. The number of esters is 1. The van der Waals surface area contributed by atoms with Crippen LogP contribution in [0.15, 0.2) is 60.0 Å². The fourth-order valence-electron chi connectivity index (χ4n) is 4.71. The predicted molar refractivity (Wildman–Crippen MR) is 122 cm³/mol. The van der Waals surface area contributed by atoms with Crippen LogP contribution in [0.2, 0.25) is 5.02 Å². The van der Waals surface area contributed by atoms with E-state index in [-0.39, 0.29) is 23.9 Å². The molecular weight excluding hydrogens is 458 g/mol. The molecule has 3 aromatic rings. The summed E-state index contributed by atoms with van der Waals surface area (Å²) in [4.78, 5) is 27.7. The molecule has 0 bridgehead atoms. The second kappa shape index (κ2) is 7.64. The highest BCUT2D eigenvalue weighted by molar-refractivity contribution is 6.30. The Hall–Kier alpha value is -4.29. The molecule has 1 aromatic heterocycles. The zero-order valence-corrected chi connectivity index (χ0v) is 19.0. The normalized spacial score (nSPS) is 18.4. The summed E-state index contributed by atoms with van der Waals surface area (Å²) in [6.07, 6.45) is 0. The van der Waals surface area contributed by atoms with Crippen molar-refractivity contribution in [3.63, 3.8) is 0 Å². The molecule has 5 rings (SSSR count). The molecule has 2 aromatic carbocycles. The van der Waals surface area contributed by atoms with Crippen LogP contribution in [0.1, 0.15) is 16.8 Å². The van der Waals surface area contributed by atoms with Gasteiger partial charge in [0.15, 0.2) is 0 Å². The lowest BCUT2D eigenvalue weighted by atomic mass is 9.69. The van der Waals surface area contributed by atoms with Gasteiger partial charge in [-0.1, -0.05) is 35.9 Å². The molecule has 10 heteroatoms. The second-order valence-corrected chi connectivity index (χ2v) is 8.28. The Morgan fingerprint density at radius 2 is 2.06 bits per heavy atom. The maximum absolute atomic E-state index is 14.2. The van der Waals surface area contributed by atoms with Gasteiger partial charge >= 0.3 is 5.97 Å². The number of carbonyl (C=O) groups excluding carboxylic acids is 2. The van der Waals surface area contributed by atoms with E-state index >= 15 is 0 Å². The molecule has 2 N–H and O–H groups in total. The summed E-state index contributed by atoms with van der Waals surface area (Å²) in [6.45, 7) is 1.39. The number of nitrogens with two attached hydrogens (primary N) is 1. The second-order valence-electron chi connectivity index (χ2n) is 7.84. The first kappa shape index (κ1) is 21.6. The molecule has 0 saturated heterocycles. The van der Waals surface area contributed by atoms with Crippen molar-refractivity contribution in [2.45, 2.75) is 12.3 Å². The smallest absolute Gasteiger partial charge is 0.325 e. The van der Waals surface area contributed by atoms with E-state index in [1.54, 1.807) is 55.5 Å². The summed E-state index contributed by atoms with van der Waals surface area (Å²) in [5, 5.41) is 15.2. The number of nitrogens with zero attached hydrogens (tertiary/aromatic N) is 4. The predicted octanol–water partition coefficient (Wildman–Crippen LogP) is 2.73. The molecule has 1 amide bonds. The molecule has 0 aliphatic carbocycles. The number of rotatable bonds is 3. The number of para-hydroxylation sites is 1. The standard InChI is InChI=1S/C24H18ClN5O4/c1-13-20-22(30(28-13)15-7-5-6-14(25)10-15)34-21(27)17(11-26)24(20)16-8-3-4-9-18(16)29(23(24)32)12-19(31)33-2/h3-10H,12,27H2,1-2H3/t24-/m0/s1. The number of aryl methyl sites for hydroxylation is 1. The minimum absolute atomic E-state index is 0.0708. The molecule has 1 atom stereocenters. The molecule has 0 fully saturated rings. The van der Waals surface area contributed by atoms with E-state index in [1.165, 1.54) is 16.7 Å². The topological polar surface area (TPSA) is 123 Å². The quantitative estimate of drug-likeness (QED) is 0.577. The third-order valence-corrected chi connectivity index (χ3v) is 6.30. The number of aromatic nitrogens is 2. The molecule has 1 spiro atoms. The maximum Gasteiger partial charge on any atom is 0.325 e. The van der Waals surface area contributed by atoms with Crippen molar-refractivity contribution in [2.24, 2.45) is 5.73 Å². The number of benzene rings is 2. The van der Waals surface area contributed by atoms with E-state index < -0.39 is 17.3 Å². The Labute approximate surface area is 199 Å². The average molecular weight is 476 g/mol. The molecule has 34 heavy (non-hydrogen) atoms. The van der Waals surface area contributed by atoms with Crippen LogP contribution in [0, 0.1) is 18.3 Å². The Morgan fingerprint density at radius 3 is 2.76 bits per heavy atom. The highest BCUT2D eigenvalue weighted by atomic mass is 35.5. The lowest BCUT2D eigenvalue weighted by molar-refractivity contribution is -0.140. The molecule has 0 radical (unpaired) electrons. The van der Waals surface area contributed by atoms with E-state index in [2.05, 4.69) is 11.2 Å². The van der Waals surface area contributed by atoms with Crippen LogP contribution in [0.25, 0.3) is 5.69 Å². The fraction of sp³-hybridized carbons (Fsp3) is 0.167. The van der Waals surface area contributed by atoms with Gasteiger partial charge in [-0.05, 0) is 31.2 Å².